The molecule has 1 fully saturated rings. The number of benzene rings is 1. The SMILES string of the molecule is CC1CC(Cl)(c2ccc3c(c2)CNCc2nncn2-3)CCC1c1ncccn1. The van der Waals surface area contributed by atoms with E-state index in [2.05, 4.69) is 55.2 Å². The highest BCUT2D eigenvalue weighted by Gasteiger charge is 2.40. The maximum absolute atomic E-state index is 7.22. The summed E-state index contributed by atoms with van der Waals surface area (Å²) in [6.45, 7) is 3.78. The van der Waals surface area contributed by atoms with Gasteiger partial charge in [-0.3, -0.25) is 4.57 Å². The topological polar surface area (TPSA) is 68.5 Å². The third-order valence-corrected chi connectivity index (χ3v) is 6.74. The fourth-order valence-electron chi connectivity index (χ4n) is 4.70. The molecule has 2 aliphatic rings. The van der Waals surface area contributed by atoms with E-state index >= 15 is 0 Å². The van der Waals surface area contributed by atoms with Crippen LogP contribution in [0.15, 0.2) is 43.0 Å². The third-order valence-electron chi connectivity index (χ3n) is 6.17. The van der Waals surface area contributed by atoms with Crippen LogP contribution in [-0.4, -0.2) is 24.7 Å². The second-order valence-corrected chi connectivity index (χ2v) is 8.69. The van der Waals surface area contributed by atoms with E-state index in [-0.39, 0.29) is 4.87 Å². The van der Waals surface area contributed by atoms with E-state index in [0.717, 1.165) is 43.1 Å². The van der Waals surface area contributed by atoms with Gasteiger partial charge in [0.2, 0.25) is 0 Å². The zero-order valence-corrected chi connectivity index (χ0v) is 16.6. The minimum absolute atomic E-state index is 0.345. The second-order valence-electron chi connectivity index (χ2n) is 7.96. The predicted molar refractivity (Wildman–Crippen MR) is 107 cm³/mol. The van der Waals surface area contributed by atoms with Gasteiger partial charge in [-0.25, -0.2) is 9.97 Å². The number of alkyl halides is 1. The molecule has 3 heterocycles. The minimum atomic E-state index is -0.345. The van der Waals surface area contributed by atoms with E-state index < -0.39 is 0 Å². The average molecular weight is 395 g/mol. The Morgan fingerprint density at radius 3 is 2.89 bits per heavy atom. The Morgan fingerprint density at radius 1 is 1.21 bits per heavy atom. The molecule has 0 radical (unpaired) electrons. The summed E-state index contributed by atoms with van der Waals surface area (Å²) in [4.78, 5) is 8.62. The van der Waals surface area contributed by atoms with Crippen molar-refractivity contribution in [2.45, 2.75) is 50.1 Å². The summed E-state index contributed by atoms with van der Waals surface area (Å²) in [5.74, 6) is 2.68. The summed E-state index contributed by atoms with van der Waals surface area (Å²) < 4.78 is 2.06. The zero-order chi connectivity index (χ0) is 19.1. The van der Waals surface area contributed by atoms with Gasteiger partial charge < -0.3 is 5.32 Å². The number of nitrogens with zero attached hydrogens (tertiary/aromatic N) is 5. The van der Waals surface area contributed by atoms with Crippen LogP contribution < -0.4 is 5.32 Å². The number of aromatic nitrogens is 5. The molecule has 0 saturated heterocycles. The molecule has 5 rings (SSSR count). The van der Waals surface area contributed by atoms with Crippen LogP contribution in [0.25, 0.3) is 5.69 Å². The van der Waals surface area contributed by atoms with Gasteiger partial charge >= 0.3 is 0 Å². The Labute approximate surface area is 169 Å². The highest BCUT2D eigenvalue weighted by atomic mass is 35.5. The molecular weight excluding hydrogens is 372 g/mol. The second kappa shape index (κ2) is 6.94. The van der Waals surface area contributed by atoms with Crippen LogP contribution in [0.1, 0.15) is 54.9 Å². The zero-order valence-electron chi connectivity index (χ0n) is 15.8. The third kappa shape index (κ3) is 3.01. The van der Waals surface area contributed by atoms with Gasteiger partial charge in [-0.15, -0.1) is 21.8 Å². The number of hydrogen-bond donors (Lipinski definition) is 1. The summed E-state index contributed by atoms with van der Waals surface area (Å²) in [6, 6.07) is 8.46. The van der Waals surface area contributed by atoms with Gasteiger partial charge in [0.05, 0.1) is 17.1 Å². The Hall–Kier alpha value is -2.31. The Morgan fingerprint density at radius 2 is 2.07 bits per heavy atom. The van der Waals surface area contributed by atoms with Gasteiger partial charge in [-0.1, -0.05) is 19.1 Å². The summed E-state index contributed by atoms with van der Waals surface area (Å²) >= 11 is 7.22. The van der Waals surface area contributed by atoms with Gasteiger partial charge in [0.1, 0.15) is 12.2 Å². The molecule has 3 atom stereocenters. The first-order valence-corrected chi connectivity index (χ1v) is 10.2. The van der Waals surface area contributed by atoms with Crippen LogP contribution in [-0.2, 0) is 18.0 Å². The number of halogens is 1. The Kier molecular flexibility index (Phi) is 4.40. The fourth-order valence-corrected chi connectivity index (χ4v) is 5.17. The van der Waals surface area contributed by atoms with Crippen LogP contribution in [0, 0.1) is 5.92 Å². The lowest BCUT2D eigenvalue weighted by Crippen LogP contribution is -2.32. The smallest absolute Gasteiger partial charge is 0.151 e. The molecule has 0 spiro atoms. The van der Waals surface area contributed by atoms with Crippen molar-refractivity contribution in [3.8, 4) is 5.69 Å². The fraction of sp³-hybridized carbons (Fsp3) is 0.429. The summed E-state index contributed by atoms with van der Waals surface area (Å²) in [5, 5.41) is 11.7. The molecule has 1 N–H and O–H groups in total. The molecule has 1 aromatic carbocycles. The van der Waals surface area contributed by atoms with Gasteiger partial charge in [0, 0.05) is 24.9 Å². The Bertz CT molecular complexity index is 988. The standard InChI is InChI=1S/C21H23ClN6/c1-14-10-21(22,6-5-17(14)20-24-7-2-8-25-20)16-3-4-18-15(9-16)11-23-12-19-27-26-13-28(18)19/h2-4,7-9,13-14,17,23H,5-6,10-12H2,1H3. The lowest BCUT2D eigenvalue weighted by molar-refractivity contribution is 0.262. The van der Waals surface area contributed by atoms with Crippen molar-refractivity contribution >= 4 is 11.6 Å². The van der Waals surface area contributed by atoms with E-state index in [1.54, 1.807) is 6.33 Å². The molecular formula is C21H23ClN6. The van der Waals surface area contributed by atoms with Gasteiger partial charge in [0.15, 0.2) is 5.82 Å². The van der Waals surface area contributed by atoms with Crippen molar-refractivity contribution in [2.24, 2.45) is 5.92 Å². The molecule has 3 unspecified atom stereocenters. The maximum atomic E-state index is 7.22. The first-order valence-electron chi connectivity index (χ1n) is 9.83. The van der Waals surface area contributed by atoms with E-state index in [9.17, 15) is 0 Å². The quantitative estimate of drug-likeness (QED) is 0.671. The van der Waals surface area contributed by atoms with Crippen molar-refractivity contribution in [3.05, 3.63) is 65.8 Å². The molecule has 28 heavy (non-hydrogen) atoms. The Balaban J connectivity index is 1.43. The van der Waals surface area contributed by atoms with Gasteiger partial charge in [-0.2, -0.15) is 0 Å². The molecule has 1 aliphatic carbocycles. The molecule has 144 valence electrons. The van der Waals surface area contributed by atoms with E-state index in [4.69, 9.17) is 11.6 Å². The van der Waals surface area contributed by atoms with Gasteiger partial charge in [-0.05, 0) is 48.4 Å². The molecule has 2 aromatic heterocycles. The van der Waals surface area contributed by atoms with Crippen LogP contribution in [0.4, 0.5) is 0 Å². The molecule has 1 saturated carbocycles. The van der Waals surface area contributed by atoms with E-state index in [1.165, 1.54) is 11.1 Å². The van der Waals surface area contributed by atoms with Crippen LogP contribution in [0.5, 0.6) is 0 Å². The number of rotatable bonds is 2. The van der Waals surface area contributed by atoms with Crippen molar-refractivity contribution in [1.29, 1.82) is 0 Å². The number of hydrogen-bond acceptors (Lipinski definition) is 5. The van der Waals surface area contributed by atoms with Crippen molar-refractivity contribution in [2.75, 3.05) is 0 Å². The normalized spacial score (nSPS) is 26.9. The van der Waals surface area contributed by atoms with Crippen LogP contribution in [0.2, 0.25) is 0 Å². The average Bonchev–Trinajstić information content (AvgIpc) is 3.10. The minimum Gasteiger partial charge on any atom is -0.306 e. The van der Waals surface area contributed by atoms with Crippen molar-refractivity contribution in [1.82, 2.24) is 30.0 Å². The summed E-state index contributed by atoms with van der Waals surface area (Å²) in [7, 11) is 0. The molecule has 6 nitrogen and oxygen atoms in total. The number of nitrogens with one attached hydrogen (secondary N) is 1. The van der Waals surface area contributed by atoms with Crippen molar-refractivity contribution < 1.29 is 0 Å². The largest absolute Gasteiger partial charge is 0.306 e. The monoisotopic (exact) mass is 394 g/mol. The first kappa shape index (κ1) is 17.8. The molecule has 0 bridgehead atoms. The highest BCUT2D eigenvalue weighted by molar-refractivity contribution is 6.24. The van der Waals surface area contributed by atoms with E-state index in [1.807, 2.05) is 18.5 Å². The maximum Gasteiger partial charge on any atom is 0.151 e. The molecule has 3 aromatic rings. The summed E-state index contributed by atoms with van der Waals surface area (Å²) in [6.07, 6.45) is 8.28. The van der Waals surface area contributed by atoms with Gasteiger partial charge in [0.25, 0.3) is 0 Å². The molecule has 1 aliphatic heterocycles. The summed E-state index contributed by atoms with van der Waals surface area (Å²) in [5.41, 5.74) is 3.57. The number of fused-ring (bicyclic) bond motifs is 3. The molecule has 7 heteroatoms. The van der Waals surface area contributed by atoms with E-state index in [0.29, 0.717) is 18.4 Å². The predicted octanol–water partition coefficient (Wildman–Crippen LogP) is 3.70. The van der Waals surface area contributed by atoms with Crippen molar-refractivity contribution in [3.63, 3.8) is 0 Å². The first-order chi connectivity index (χ1) is 13.6. The van der Waals surface area contributed by atoms with Crippen LogP contribution in [0.3, 0.4) is 0 Å². The van der Waals surface area contributed by atoms with Crippen LogP contribution >= 0.6 is 11.6 Å². The molecule has 0 amide bonds. The highest BCUT2D eigenvalue weighted by Crippen LogP contribution is 2.50. The lowest BCUT2D eigenvalue weighted by atomic mass is 9.71. The lowest BCUT2D eigenvalue weighted by Gasteiger charge is -2.39.